The number of aliphatic hydroxyl groups is 1. The Balaban J connectivity index is 0.000000585. The Labute approximate surface area is 150 Å². The summed E-state index contributed by atoms with van der Waals surface area (Å²) >= 11 is 2.08. The summed E-state index contributed by atoms with van der Waals surface area (Å²) in [6, 6.07) is 0. The maximum Gasteiger partial charge on any atom is 0.310 e. The van der Waals surface area contributed by atoms with Gasteiger partial charge in [-0.15, -0.1) is 0 Å². The number of rotatable bonds is 3. The summed E-state index contributed by atoms with van der Waals surface area (Å²) in [5, 5.41) is 9.94. The van der Waals surface area contributed by atoms with E-state index in [4.69, 9.17) is 4.74 Å². The highest BCUT2D eigenvalue weighted by molar-refractivity contribution is 14.1. The van der Waals surface area contributed by atoms with Crippen molar-refractivity contribution in [3.05, 3.63) is 10.2 Å². The molecule has 7 nitrogen and oxygen atoms in total. The molecule has 3 unspecified atom stereocenters. The molecule has 8 heteroatoms. The Kier molecular flexibility index (Phi) is 11.0. The first-order valence-corrected chi connectivity index (χ1v) is 8.41. The van der Waals surface area contributed by atoms with Crippen molar-refractivity contribution in [1.82, 2.24) is 4.90 Å². The van der Waals surface area contributed by atoms with Gasteiger partial charge in [-0.1, -0.05) is 22.6 Å². The number of aliphatic hydroxyl groups excluding tert-OH is 1. The van der Waals surface area contributed by atoms with Crippen LogP contribution in [-0.2, 0) is 23.9 Å². The highest BCUT2D eigenvalue weighted by atomic mass is 127. The van der Waals surface area contributed by atoms with Crippen LogP contribution < -0.4 is 0 Å². The van der Waals surface area contributed by atoms with Gasteiger partial charge in [0.05, 0.1) is 6.10 Å². The summed E-state index contributed by atoms with van der Waals surface area (Å²) in [5.74, 6) is -1.40. The van der Waals surface area contributed by atoms with Crippen LogP contribution in [-0.4, -0.2) is 60.3 Å². The van der Waals surface area contributed by atoms with Gasteiger partial charge in [-0.05, 0) is 30.2 Å². The molecule has 0 aromatic heterocycles. The molecule has 1 saturated heterocycles. The lowest BCUT2D eigenvalue weighted by atomic mass is 9.89. The second-order valence-electron chi connectivity index (χ2n) is 5.26. The quantitative estimate of drug-likeness (QED) is 0.399. The zero-order valence-electron chi connectivity index (χ0n) is 13.8. The first-order valence-electron chi connectivity index (χ1n) is 7.17. The molecule has 23 heavy (non-hydrogen) atoms. The average Bonchev–Trinajstić information content (AvgIpc) is 2.37. The van der Waals surface area contributed by atoms with Gasteiger partial charge in [0.1, 0.15) is 6.10 Å². The van der Waals surface area contributed by atoms with Gasteiger partial charge >= 0.3 is 17.9 Å². The minimum atomic E-state index is -0.562. The Morgan fingerprint density at radius 3 is 2.22 bits per heavy atom. The van der Waals surface area contributed by atoms with Crippen molar-refractivity contribution in [2.24, 2.45) is 5.92 Å². The van der Waals surface area contributed by atoms with E-state index in [1.807, 2.05) is 7.05 Å². The number of piperidine rings is 1. The number of carbonyl (C=O) groups excluding carboxylic acids is 3. The Bertz CT molecular complexity index is 428. The van der Waals surface area contributed by atoms with Crippen LogP contribution >= 0.6 is 22.6 Å². The second kappa shape index (κ2) is 11.5. The molecule has 3 atom stereocenters. The third-order valence-electron chi connectivity index (χ3n) is 3.13. The van der Waals surface area contributed by atoms with Gasteiger partial charge in [0.25, 0.3) is 0 Å². The standard InChI is InChI=1S/C11H18INO3.C4H6O3/c1-8(14)16-11-7-13(2)6-4-9(11)10(15)3-5-12;1-3(5)7-4(2)6/h3,5,9-11,15H,4,6-7H2,1-2H3;1-2H3/b5-3+;/i2+2;. The largest absolute Gasteiger partial charge is 0.461 e. The van der Waals surface area contributed by atoms with E-state index in [2.05, 4.69) is 32.2 Å². The summed E-state index contributed by atoms with van der Waals surface area (Å²) in [6.07, 6.45) is 1.85. The predicted molar refractivity (Wildman–Crippen MR) is 92.8 cm³/mol. The number of halogens is 1. The van der Waals surface area contributed by atoms with Crippen LogP contribution in [0.1, 0.15) is 27.2 Å². The lowest BCUT2D eigenvalue weighted by molar-refractivity contribution is -0.157. The van der Waals surface area contributed by atoms with E-state index >= 15 is 0 Å². The third-order valence-corrected chi connectivity index (χ3v) is 3.54. The fraction of sp³-hybridized carbons (Fsp3) is 0.667. The van der Waals surface area contributed by atoms with E-state index in [0.29, 0.717) is 6.54 Å². The Morgan fingerprint density at radius 1 is 1.26 bits per heavy atom. The van der Waals surface area contributed by atoms with Crippen LogP contribution in [0.25, 0.3) is 0 Å². The van der Waals surface area contributed by atoms with Gasteiger partial charge in [0.15, 0.2) is 0 Å². The van der Waals surface area contributed by atoms with Gasteiger partial charge in [0.2, 0.25) is 0 Å². The molecule has 0 amide bonds. The molecule has 0 radical (unpaired) electrons. The summed E-state index contributed by atoms with van der Waals surface area (Å²) in [6.45, 7) is 5.39. The number of likely N-dealkylation sites (tertiary alicyclic amines) is 1. The molecule has 0 aromatic rings. The first kappa shape index (κ1) is 22.0. The fourth-order valence-corrected chi connectivity index (χ4v) is 2.66. The second-order valence-corrected chi connectivity index (χ2v) is 5.98. The normalized spacial score (nSPS) is 22.7. The van der Waals surface area contributed by atoms with Crippen molar-refractivity contribution in [2.45, 2.75) is 39.4 Å². The highest BCUT2D eigenvalue weighted by Crippen LogP contribution is 2.24. The zero-order valence-corrected chi connectivity index (χ0v) is 16.0. The van der Waals surface area contributed by atoms with Crippen LogP contribution in [0.5, 0.6) is 0 Å². The molecule has 0 bridgehead atoms. The summed E-state index contributed by atoms with van der Waals surface area (Å²) in [7, 11) is 1.99. The van der Waals surface area contributed by atoms with Gasteiger partial charge in [-0.3, -0.25) is 14.4 Å². The molecular formula is C15H24INO6. The van der Waals surface area contributed by atoms with E-state index in [0.717, 1.165) is 13.0 Å². The highest BCUT2D eigenvalue weighted by Gasteiger charge is 2.33. The van der Waals surface area contributed by atoms with Crippen molar-refractivity contribution in [1.29, 1.82) is 0 Å². The minimum Gasteiger partial charge on any atom is -0.461 e. The average molecular weight is 443 g/mol. The van der Waals surface area contributed by atoms with Crippen molar-refractivity contribution < 1.29 is 29.0 Å². The molecule has 1 rings (SSSR count). The van der Waals surface area contributed by atoms with Crippen molar-refractivity contribution >= 4 is 40.5 Å². The van der Waals surface area contributed by atoms with E-state index in [-0.39, 0.29) is 18.0 Å². The lowest BCUT2D eigenvalue weighted by Crippen LogP contribution is -2.47. The maximum absolute atomic E-state index is 11.0. The zero-order chi connectivity index (χ0) is 18.0. The minimum absolute atomic E-state index is 0.00566. The molecule has 0 aliphatic carbocycles. The molecule has 1 heterocycles. The SMILES string of the molecule is CC(=O)OC(C)=O.CC(=O)OC1CN([14CH3])CCC1C(O)/C=C/I. The van der Waals surface area contributed by atoms with Crippen molar-refractivity contribution in [2.75, 3.05) is 20.1 Å². The molecule has 1 fully saturated rings. The number of likely N-dealkylation sites (N-methyl/N-ethyl adjacent to an activating group) is 1. The first-order chi connectivity index (χ1) is 10.7. The number of hydrogen-bond donors (Lipinski definition) is 1. The van der Waals surface area contributed by atoms with Gasteiger partial charge in [-0.2, -0.15) is 0 Å². The molecule has 1 aliphatic rings. The topological polar surface area (TPSA) is 93.1 Å². The summed E-state index contributed by atoms with van der Waals surface area (Å²) in [5.41, 5.74) is 0. The molecule has 1 aliphatic heterocycles. The fourth-order valence-electron chi connectivity index (χ4n) is 2.24. The number of nitrogens with zero attached hydrogens (tertiary/aromatic N) is 1. The number of ether oxygens (including phenoxy) is 2. The molecule has 0 spiro atoms. The van der Waals surface area contributed by atoms with Crippen LogP contribution in [0.15, 0.2) is 10.2 Å². The van der Waals surface area contributed by atoms with Gasteiger partial charge in [-0.25, -0.2) is 0 Å². The van der Waals surface area contributed by atoms with Crippen LogP contribution in [0.3, 0.4) is 0 Å². The summed E-state index contributed by atoms with van der Waals surface area (Å²) < 4.78 is 11.0. The van der Waals surface area contributed by atoms with E-state index in [1.54, 1.807) is 10.2 Å². The maximum atomic E-state index is 11.0. The Hall–Kier alpha value is -1.00. The lowest BCUT2D eigenvalue weighted by Gasteiger charge is -2.37. The van der Waals surface area contributed by atoms with Gasteiger partial charge in [0, 0.05) is 33.2 Å². The third kappa shape index (κ3) is 10.4. The smallest absolute Gasteiger partial charge is 0.310 e. The van der Waals surface area contributed by atoms with Crippen LogP contribution in [0.4, 0.5) is 0 Å². The van der Waals surface area contributed by atoms with Crippen LogP contribution in [0, 0.1) is 5.92 Å². The number of hydrogen-bond acceptors (Lipinski definition) is 7. The Morgan fingerprint density at radius 2 is 1.83 bits per heavy atom. The van der Waals surface area contributed by atoms with Crippen molar-refractivity contribution in [3.63, 3.8) is 0 Å². The number of esters is 3. The molecule has 1 N–H and O–H groups in total. The predicted octanol–water partition coefficient (Wildman–Crippen LogP) is 1.28. The number of carbonyl (C=O) groups is 3. The molecule has 132 valence electrons. The monoisotopic (exact) mass is 443 g/mol. The molecule has 0 aromatic carbocycles. The van der Waals surface area contributed by atoms with E-state index in [1.165, 1.54) is 20.8 Å². The van der Waals surface area contributed by atoms with Crippen molar-refractivity contribution in [3.8, 4) is 0 Å². The molecular weight excluding hydrogens is 419 g/mol. The van der Waals surface area contributed by atoms with Gasteiger partial charge < -0.3 is 19.5 Å². The van der Waals surface area contributed by atoms with Crippen LogP contribution in [0.2, 0.25) is 0 Å². The summed E-state index contributed by atoms with van der Waals surface area (Å²) in [4.78, 5) is 32.7. The molecule has 0 saturated carbocycles. The van der Waals surface area contributed by atoms with E-state index in [9.17, 15) is 19.5 Å². The van der Waals surface area contributed by atoms with E-state index < -0.39 is 18.0 Å².